The fourth-order valence-electron chi connectivity index (χ4n) is 2.58. The molecule has 0 unspecified atom stereocenters. The fourth-order valence-corrected chi connectivity index (χ4v) is 3.26. The summed E-state index contributed by atoms with van der Waals surface area (Å²) >= 11 is 1.21. The van der Waals surface area contributed by atoms with Crippen LogP contribution in [-0.2, 0) is 11.3 Å². The van der Waals surface area contributed by atoms with Crippen LogP contribution in [0, 0.1) is 0 Å². The van der Waals surface area contributed by atoms with Crippen LogP contribution in [0.1, 0.15) is 12.7 Å². The molecule has 1 amide bonds. The molecule has 0 atom stereocenters. The van der Waals surface area contributed by atoms with Crippen LogP contribution in [0.4, 0.5) is 11.4 Å². The maximum absolute atomic E-state index is 12.3. The number of carbonyl (C=O) groups excluding carboxylic acids is 1. The van der Waals surface area contributed by atoms with Gasteiger partial charge in [-0.2, -0.15) is 0 Å². The van der Waals surface area contributed by atoms with E-state index in [1.807, 2.05) is 49.4 Å². The number of amides is 1. The van der Waals surface area contributed by atoms with Crippen molar-refractivity contribution in [1.82, 2.24) is 14.9 Å². The quantitative estimate of drug-likeness (QED) is 0.333. The average Bonchev–Trinajstić information content (AvgIpc) is 3.12. The van der Waals surface area contributed by atoms with Crippen molar-refractivity contribution in [1.29, 1.82) is 0 Å². The van der Waals surface area contributed by atoms with Gasteiger partial charge in [-0.05, 0) is 43.3 Å². The van der Waals surface area contributed by atoms with Crippen LogP contribution < -0.4 is 25.9 Å². The van der Waals surface area contributed by atoms with E-state index in [1.54, 1.807) is 13.2 Å². The van der Waals surface area contributed by atoms with Crippen molar-refractivity contribution in [3.8, 4) is 11.5 Å². The highest BCUT2D eigenvalue weighted by Gasteiger charge is 2.13. The number of para-hydroxylation sites is 2. The molecule has 3 aromatic rings. The van der Waals surface area contributed by atoms with Crippen molar-refractivity contribution < 1.29 is 14.3 Å². The number of nitrogens with one attached hydrogen (secondary N) is 2. The first-order valence-electron chi connectivity index (χ1n) is 9.32. The highest BCUT2D eigenvalue weighted by Crippen LogP contribution is 2.24. The summed E-state index contributed by atoms with van der Waals surface area (Å²) in [5.74, 6) is 7.99. The molecular formula is C20H24N6O3S. The third-order valence-electron chi connectivity index (χ3n) is 4.07. The van der Waals surface area contributed by atoms with E-state index in [0.29, 0.717) is 35.6 Å². The van der Waals surface area contributed by atoms with Crippen LogP contribution in [0.15, 0.2) is 53.7 Å². The second-order valence-electron chi connectivity index (χ2n) is 6.12. The molecule has 4 N–H and O–H groups in total. The molecule has 0 saturated carbocycles. The number of nitrogen functional groups attached to an aromatic ring is 1. The van der Waals surface area contributed by atoms with Gasteiger partial charge in [-0.25, -0.2) is 4.68 Å². The Balaban J connectivity index is 1.52. The summed E-state index contributed by atoms with van der Waals surface area (Å²) in [5, 5.41) is 14.7. The molecule has 0 saturated heterocycles. The van der Waals surface area contributed by atoms with Crippen molar-refractivity contribution in [2.24, 2.45) is 0 Å². The van der Waals surface area contributed by atoms with Gasteiger partial charge in [0.2, 0.25) is 11.1 Å². The van der Waals surface area contributed by atoms with Crippen molar-refractivity contribution in [3.05, 3.63) is 54.4 Å². The zero-order valence-corrected chi connectivity index (χ0v) is 17.6. The number of hydrogen-bond acceptors (Lipinski definition) is 8. The Morgan fingerprint density at radius 2 is 1.93 bits per heavy atom. The maximum atomic E-state index is 12.3. The molecule has 1 heterocycles. The summed E-state index contributed by atoms with van der Waals surface area (Å²) in [4.78, 5) is 12.3. The third-order valence-corrected chi connectivity index (χ3v) is 5.01. The second-order valence-corrected chi connectivity index (χ2v) is 7.06. The van der Waals surface area contributed by atoms with Gasteiger partial charge in [0.15, 0.2) is 5.82 Å². The minimum atomic E-state index is -0.187. The van der Waals surface area contributed by atoms with Gasteiger partial charge < -0.3 is 25.9 Å². The summed E-state index contributed by atoms with van der Waals surface area (Å²) in [5.41, 5.74) is 1.53. The van der Waals surface area contributed by atoms with E-state index in [2.05, 4.69) is 20.8 Å². The van der Waals surface area contributed by atoms with Gasteiger partial charge >= 0.3 is 0 Å². The minimum Gasteiger partial charge on any atom is -0.497 e. The van der Waals surface area contributed by atoms with Gasteiger partial charge in [-0.15, -0.1) is 10.2 Å². The van der Waals surface area contributed by atoms with Gasteiger partial charge in [0.25, 0.3) is 0 Å². The van der Waals surface area contributed by atoms with Crippen molar-refractivity contribution in [2.75, 3.05) is 35.9 Å². The number of ether oxygens (including phenoxy) is 2. The predicted octanol–water partition coefficient (Wildman–Crippen LogP) is 2.74. The van der Waals surface area contributed by atoms with Crippen LogP contribution in [0.5, 0.6) is 11.5 Å². The predicted molar refractivity (Wildman–Crippen MR) is 117 cm³/mol. The number of hydrogen-bond donors (Lipinski definition) is 3. The Kier molecular flexibility index (Phi) is 7.39. The molecule has 0 aliphatic rings. The lowest BCUT2D eigenvalue weighted by Crippen LogP contribution is -2.18. The van der Waals surface area contributed by atoms with Gasteiger partial charge in [0.1, 0.15) is 11.5 Å². The Morgan fingerprint density at radius 1 is 1.17 bits per heavy atom. The number of nitrogens with two attached hydrogens (primary N) is 1. The molecule has 158 valence electrons. The SMILES string of the molecule is CCOc1ccccc1NC(=O)CSc1nnc(CNc2ccc(OC)cc2)n1N. The lowest BCUT2D eigenvalue weighted by Gasteiger charge is -2.11. The Bertz CT molecular complexity index is 977. The standard InChI is InChI=1S/C20H24N6O3S/c1-3-29-17-7-5-4-6-16(17)23-19(27)13-30-20-25-24-18(26(20)21)12-22-14-8-10-15(28-2)11-9-14/h4-11,22H,3,12-13,21H2,1-2H3,(H,23,27). The lowest BCUT2D eigenvalue weighted by molar-refractivity contribution is -0.113. The van der Waals surface area contributed by atoms with E-state index in [-0.39, 0.29) is 11.7 Å². The lowest BCUT2D eigenvalue weighted by atomic mass is 10.3. The van der Waals surface area contributed by atoms with E-state index in [9.17, 15) is 4.79 Å². The van der Waals surface area contributed by atoms with E-state index in [4.69, 9.17) is 15.3 Å². The molecule has 0 fully saturated rings. The molecule has 0 aliphatic heterocycles. The molecule has 9 nitrogen and oxygen atoms in total. The molecule has 1 aromatic heterocycles. The maximum Gasteiger partial charge on any atom is 0.234 e. The number of nitrogens with zero attached hydrogens (tertiary/aromatic N) is 3. The number of methoxy groups -OCH3 is 1. The molecule has 10 heteroatoms. The average molecular weight is 429 g/mol. The molecule has 30 heavy (non-hydrogen) atoms. The zero-order chi connectivity index (χ0) is 21.3. The second kappa shape index (κ2) is 10.4. The Labute approximate surface area is 178 Å². The number of thioether (sulfide) groups is 1. The third kappa shape index (κ3) is 5.57. The van der Waals surface area contributed by atoms with E-state index in [1.165, 1.54) is 16.4 Å². The van der Waals surface area contributed by atoms with Crippen molar-refractivity contribution in [3.63, 3.8) is 0 Å². The summed E-state index contributed by atoms with van der Waals surface area (Å²) < 4.78 is 12.0. The van der Waals surface area contributed by atoms with E-state index < -0.39 is 0 Å². The fraction of sp³-hybridized carbons (Fsp3) is 0.250. The largest absolute Gasteiger partial charge is 0.497 e. The highest BCUT2D eigenvalue weighted by atomic mass is 32.2. The number of benzene rings is 2. The highest BCUT2D eigenvalue weighted by molar-refractivity contribution is 7.99. The van der Waals surface area contributed by atoms with Crippen molar-refractivity contribution >= 4 is 29.0 Å². The topological polar surface area (TPSA) is 116 Å². The van der Waals surface area contributed by atoms with E-state index >= 15 is 0 Å². The smallest absolute Gasteiger partial charge is 0.234 e. The first-order valence-corrected chi connectivity index (χ1v) is 10.3. The number of anilines is 2. The first-order chi connectivity index (χ1) is 14.6. The van der Waals surface area contributed by atoms with Crippen LogP contribution in [0.25, 0.3) is 0 Å². The normalized spacial score (nSPS) is 10.5. The molecule has 0 bridgehead atoms. The molecule has 3 rings (SSSR count). The Hall–Kier alpha value is -3.40. The van der Waals surface area contributed by atoms with Crippen LogP contribution in [0.2, 0.25) is 0 Å². The number of carbonyl (C=O) groups is 1. The molecule has 2 aromatic carbocycles. The summed E-state index contributed by atoms with van der Waals surface area (Å²) in [6.07, 6.45) is 0. The number of aromatic nitrogens is 3. The molecular weight excluding hydrogens is 404 g/mol. The van der Waals surface area contributed by atoms with Crippen LogP contribution in [0.3, 0.4) is 0 Å². The monoisotopic (exact) mass is 428 g/mol. The first kappa shape index (κ1) is 21.3. The summed E-state index contributed by atoms with van der Waals surface area (Å²) in [7, 11) is 1.62. The van der Waals surface area contributed by atoms with Crippen LogP contribution in [-0.4, -0.2) is 40.3 Å². The Morgan fingerprint density at radius 3 is 2.67 bits per heavy atom. The van der Waals surface area contributed by atoms with Gasteiger partial charge in [-0.3, -0.25) is 4.79 Å². The van der Waals surface area contributed by atoms with E-state index in [0.717, 1.165) is 11.4 Å². The summed E-state index contributed by atoms with van der Waals surface area (Å²) in [6.45, 7) is 2.80. The zero-order valence-electron chi connectivity index (χ0n) is 16.8. The molecule has 0 radical (unpaired) electrons. The molecule has 0 aliphatic carbocycles. The van der Waals surface area contributed by atoms with Crippen LogP contribution >= 0.6 is 11.8 Å². The number of rotatable bonds is 10. The van der Waals surface area contributed by atoms with Crippen molar-refractivity contribution in [2.45, 2.75) is 18.6 Å². The van der Waals surface area contributed by atoms with Gasteiger partial charge in [-0.1, -0.05) is 23.9 Å². The van der Waals surface area contributed by atoms with Gasteiger partial charge in [0, 0.05) is 5.69 Å². The molecule has 0 spiro atoms. The van der Waals surface area contributed by atoms with Gasteiger partial charge in [0.05, 0.1) is 31.7 Å². The minimum absolute atomic E-state index is 0.141. The summed E-state index contributed by atoms with van der Waals surface area (Å²) in [6, 6.07) is 14.8.